The van der Waals surface area contributed by atoms with Gasteiger partial charge >= 0.3 is 5.97 Å². The van der Waals surface area contributed by atoms with Crippen LogP contribution in [-0.4, -0.2) is 44.2 Å². The van der Waals surface area contributed by atoms with Crippen molar-refractivity contribution in [3.8, 4) is 5.75 Å². The molecule has 1 amide bonds. The summed E-state index contributed by atoms with van der Waals surface area (Å²) in [6, 6.07) is 3.79. The first-order valence-corrected chi connectivity index (χ1v) is 7.84. The molecule has 2 rings (SSSR count). The Labute approximate surface area is 128 Å². The maximum absolute atomic E-state index is 12.7. The molecule has 0 saturated carbocycles. The van der Waals surface area contributed by atoms with Gasteiger partial charge in [-0.05, 0) is 36.6 Å². The third kappa shape index (κ3) is 3.00. The van der Waals surface area contributed by atoms with Crippen molar-refractivity contribution < 1.29 is 19.8 Å². The van der Waals surface area contributed by atoms with E-state index in [4.69, 9.17) is 0 Å². The summed E-state index contributed by atoms with van der Waals surface area (Å²) in [7, 11) is 0. The van der Waals surface area contributed by atoms with Crippen LogP contribution in [0, 0.1) is 12.8 Å². The number of nitrogens with zero attached hydrogens (tertiary/aromatic N) is 1. The maximum atomic E-state index is 12.7. The van der Waals surface area contributed by atoms with Gasteiger partial charge in [-0.25, -0.2) is 4.79 Å². The minimum absolute atomic E-state index is 0.123. The van der Waals surface area contributed by atoms with E-state index in [2.05, 4.69) is 0 Å². The fourth-order valence-electron chi connectivity index (χ4n) is 2.43. The molecule has 1 heterocycles. The van der Waals surface area contributed by atoms with Crippen LogP contribution in [0.1, 0.15) is 29.8 Å². The molecule has 1 saturated heterocycles. The van der Waals surface area contributed by atoms with Crippen molar-refractivity contribution in [3.63, 3.8) is 0 Å². The molecule has 0 bridgehead atoms. The van der Waals surface area contributed by atoms with E-state index < -0.39 is 12.0 Å². The summed E-state index contributed by atoms with van der Waals surface area (Å²) in [5.41, 5.74) is 1.00. The number of rotatable bonds is 3. The number of hydrogen-bond acceptors (Lipinski definition) is 4. The Hall–Kier alpha value is -1.69. The normalized spacial score (nSPS) is 21.8. The lowest BCUT2D eigenvalue weighted by atomic mass is 10.1. The highest BCUT2D eigenvalue weighted by Gasteiger charge is 2.43. The second-order valence-corrected chi connectivity index (χ2v) is 6.69. The topological polar surface area (TPSA) is 77.8 Å². The molecular formula is C15H19NO4S. The molecule has 2 unspecified atom stereocenters. The van der Waals surface area contributed by atoms with E-state index in [-0.39, 0.29) is 22.9 Å². The van der Waals surface area contributed by atoms with Crippen LogP contribution in [0.4, 0.5) is 0 Å². The van der Waals surface area contributed by atoms with E-state index in [1.54, 1.807) is 13.0 Å². The molecule has 6 heteroatoms. The zero-order valence-corrected chi connectivity index (χ0v) is 13.1. The van der Waals surface area contributed by atoms with Crippen LogP contribution >= 0.6 is 11.8 Å². The van der Waals surface area contributed by atoms with Crippen LogP contribution in [0.2, 0.25) is 0 Å². The van der Waals surface area contributed by atoms with Crippen molar-refractivity contribution in [1.29, 1.82) is 0 Å². The molecule has 0 aliphatic carbocycles. The predicted molar refractivity (Wildman–Crippen MR) is 81.5 cm³/mol. The summed E-state index contributed by atoms with van der Waals surface area (Å²) >= 11 is 1.50. The number of aliphatic carboxylic acids is 1. The first kappa shape index (κ1) is 15.7. The van der Waals surface area contributed by atoms with Crippen LogP contribution < -0.4 is 0 Å². The molecule has 1 fully saturated rings. The van der Waals surface area contributed by atoms with Gasteiger partial charge in [-0.3, -0.25) is 4.79 Å². The number of aromatic hydroxyl groups is 1. The fraction of sp³-hybridized carbons (Fsp3) is 0.467. The van der Waals surface area contributed by atoms with Crippen LogP contribution in [0.25, 0.3) is 0 Å². The number of aryl methyl sites for hydroxylation is 1. The van der Waals surface area contributed by atoms with Crippen molar-refractivity contribution in [3.05, 3.63) is 29.3 Å². The number of phenols is 1. The van der Waals surface area contributed by atoms with Gasteiger partial charge in [-0.2, -0.15) is 0 Å². The van der Waals surface area contributed by atoms with Crippen LogP contribution in [0.5, 0.6) is 5.75 Å². The summed E-state index contributed by atoms with van der Waals surface area (Å²) < 4.78 is 0. The molecule has 1 aromatic rings. The molecule has 1 aliphatic heterocycles. The number of amides is 1. The number of hydrogen-bond donors (Lipinski definition) is 2. The van der Waals surface area contributed by atoms with Gasteiger partial charge in [0.15, 0.2) is 0 Å². The van der Waals surface area contributed by atoms with Crippen LogP contribution in [0.15, 0.2) is 18.2 Å². The first-order valence-electron chi connectivity index (χ1n) is 6.79. The van der Waals surface area contributed by atoms with E-state index >= 15 is 0 Å². The lowest BCUT2D eigenvalue weighted by Gasteiger charge is -2.29. The number of carboxylic acids is 1. The Bertz CT molecular complexity index is 573. The highest BCUT2D eigenvalue weighted by molar-refractivity contribution is 8.00. The van der Waals surface area contributed by atoms with E-state index in [0.29, 0.717) is 16.9 Å². The molecule has 0 aromatic heterocycles. The SMILES string of the molecule is Cc1cc(C(=O)N2C(C(=O)O)CSC2C(C)C)ccc1O. The molecule has 2 N–H and O–H groups in total. The molecule has 114 valence electrons. The van der Waals surface area contributed by atoms with Gasteiger partial charge in [-0.15, -0.1) is 11.8 Å². The lowest BCUT2D eigenvalue weighted by Crippen LogP contribution is -2.47. The van der Waals surface area contributed by atoms with E-state index in [9.17, 15) is 19.8 Å². The van der Waals surface area contributed by atoms with Crippen LogP contribution in [-0.2, 0) is 4.79 Å². The number of carboxylic acid groups (broad SMARTS) is 1. The average Bonchev–Trinajstić information content (AvgIpc) is 2.86. The standard InChI is InChI=1S/C15H19NO4S/c1-8(2)14-16(11(7-21-14)15(19)20)13(18)10-4-5-12(17)9(3)6-10/h4-6,8,11,14,17H,7H2,1-3H3,(H,19,20). The Morgan fingerprint density at radius 2 is 2.05 bits per heavy atom. The second-order valence-electron chi connectivity index (χ2n) is 5.54. The number of carbonyl (C=O) groups is 2. The molecule has 2 atom stereocenters. The molecule has 21 heavy (non-hydrogen) atoms. The molecular weight excluding hydrogens is 290 g/mol. The average molecular weight is 309 g/mol. The third-order valence-electron chi connectivity index (χ3n) is 3.57. The number of thioether (sulfide) groups is 1. The highest BCUT2D eigenvalue weighted by Crippen LogP contribution is 2.35. The summed E-state index contributed by atoms with van der Waals surface area (Å²) in [6.07, 6.45) is 0. The van der Waals surface area contributed by atoms with Gasteiger partial charge in [-0.1, -0.05) is 13.8 Å². The fourth-order valence-corrected chi connectivity index (χ4v) is 3.90. The largest absolute Gasteiger partial charge is 0.508 e. The van der Waals surface area contributed by atoms with Crippen LogP contribution in [0.3, 0.4) is 0 Å². The molecule has 1 aromatic carbocycles. The van der Waals surface area contributed by atoms with Crippen molar-refractivity contribution in [2.75, 3.05) is 5.75 Å². The summed E-state index contributed by atoms with van der Waals surface area (Å²) in [5, 5.41) is 18.7. The molecule has 5 nitrogen and oxygen atoms in total. The number of phenolic OH excluding ortho intramolecular Hbond substituents is 1. The number of carbonyl (C=O) groups excluding carboxylic acids is 1. The van der Waals surface area contributed by atoms with Gasteiger partial charge in [0.1, 0.15) is 11.8 Å². The summed E-state index contributed by atoms with van der Waals surface area (Å²) in [4.78, 5) is 25.6. The lowest BCUT2D eigenvalue weighted by molar-refractivity contribution is -0.141. The van der Waals surface area contributed by atoms with Gasteiger partial charge in [0, 0.05) is 11.3 Å². The van der Waals surface area contributed by atoms with Gasteiger partial charge in [0.2, 0.25) is 0 Å². The van der Waals surface area contributed by atoms with E-state index in [0.717, 1.165) is 0 Å². The Morgan fingerprint density at radius 1 is 1.38 bits per heavy atom. The smallest absolute Gasteiger partial charge is 0.327 e. The Kier molecular flexibility index (Phi) is 4.46. The van der Waals surface area contributed by atoms with Crippen molar-refractivity contribution >= 4 is 23.6 Å². The zero-order valence-electron chi connectivity index (χ0n) is 12.2. The van der Waals surface area contributed by atoms with E-state index in [1.807, 2.05) is 13.8 Å². The predicted octanol–water partition coefficient (Wildman–Crippen LogP) is 2.32. The van der Waals surface area contributed by atoms with Crippen molar-refractivity contribution in [2.45, 2.75) is 32.2 Å². The molecule has 0 radical (unpaired) electrons. The van der Waals surface area contributed by atoms with Gasteiger partial charge < -0.3 is 15.1 Å². The minimum atomic E-state index is -0.977. The van der Waals surface area contributed by atoms with Crippen molar-refractivity contribution in [1.82, 2.24) is 4.90 Å². The van der Waals surface area contributed by atoms with Gasteiger partial charge in [0.05, 0.1) is 5.37 Å². The third-order valence-corrected chi connectivity index (χ3v) is 5.19. The monoisotopic (exact) mass is 309 g/mol. The molecule has 1 aliphatic rings. The number of benzene rings is 1. The summed E-state index contributed by atoms with van der Waals surface area (Å²) in [6.45, 7) is 5.66. The Balaban J connectivity index is 2.36. The maximum Gasteiger partial charge on any atom is 0.327 e. The first-order chi connectivity index (χ1) is 9.82. The second kappa shape index (κ2) is 5.97. The highest BCUT2D eigenvalue weighted by atomic mass is 32.2. The van der Waals surface area contributed by atoms with E-state index in [1.165, 1.54) is 28.8 Å². The zero-order chi connectivity index (χ0) is 15.7. The quantitative estimate of drug-likeness (QED) is 0.896. The molecule has 0 spiro atoms. The summed E-state index contributed by atoms with van der Waals surface area (Å²) in [5.74, 6) is -0.580. The minimum Gasteiger partial charge on any atom is -0.508 e. The van der Waals surface area contributed by atoms with Gasteiger partial charge in [0.25, 0.3) is 5.91 Å². The Morgan fingerprint density at radius 3 is 2.57 bits per heavy atom. The van der Waals surface area contributed by atoms with Crippen molar-refractivity contribution in [2.24, 2.45) is 5.92 Å².